The number of rotatable bonds is 8. The van der Waals surface area contributed by atoms with E-state index >= 15 is 0 Å². The lowest BCUT2D eigenvalue weighted by molar-refractivity contribution is 0.153. The van der Waals surface area contributed by atoms with Gasteiger partial charge in [-0.25, -0.2) is 21.9 Å². The topological polar surface area (TPSA) is 71.3 Å². The van der Waals surface area contributed by atoms with Crippen LogP contribution in [0.1, 0.15) is 19.6 Å². The van der Waals surface area contributed by atoms with Crippen LogP contribution in [-0.2, 0) is 16.6 Å². The maximum atomic E-state index is 12.0. The van der Waals surface area contributed by atoms with Crippen molar-refractivity contribution in [3.8, 4) is 0 Å². The van der Waals surface area contributed by atoms with Gasteiger partial charge in [-0.3, -0.25) is 0 Å². The summed E-state index contributed by atoms with van der Waals surface area (Å²) in [5, 5.41) is 2.73. The zero-order valence-electron chi connectivity index (χ0n) is 10.8. The SMILES string of the molecule is CC(C)CNCc1ccc(S(=O)(=O)NCC(F)F)o1. The van der Waals surface area contributed by atoms with Gasteiger partial charge in [-0.2, -0.15) is 0 Å². The molecule has 1 aromatic heterocycles. The van der Waals surface area contributed by atoms with Crippen molar-refractivity contribution in [3.05, 3.63) is 17.9 Å². The zero-order chi connectivity index (χ0) is 14.5. The van der Waals surface area contributed by atoms with Crippen molar-refractivity contribution in [3.63, 3.8) is 0 Å². The predicted octanol–water partition coefficient (Wildman–Crippen LogP) is 1.57. The summed E-state index contributed by atoms with van der Waals surface area (Å²) in [5.74, 6) is 0.906. The first kappa shape index (κ1) is 16.1. The van der Waals surface area contributed by atoms with Crippen LogP contribution >= 0.6 is 0 Å². The normalized spacial score (nSPS) is 12.5. The first-order valence-electron chi connectivity index (χ1n) is 5.88. The molecule has 0 aliphatic carbocycles. The lowest BCUT2D eigenvalue weighted by Gasteiger charge is -2.05. The molecule has 1 heterocycles. The quantitative estimate of drug-likeness (QED) is 0.764. The number of hydrogen-bond donors (Lipinski definition) is 2. The van der Waals surface area contributed by atoms with E-state index in [1.165, 1.54) is 12.1 Å². The third kappa shape index (κ3) is 5.66. The minimum atomic E-state index is -4.00. The van der Waals surface area contributed by atoms with E-state index in [4.69, 9.17) is 4.42 Å². The van der Waals surface area contributed by atoms with Crippen LogP contribution in [0.4, 0.5) is 8.78 Å². The molecule has 0 radical (unpaired) electrons. The Morgan fingerprint density at radius 2 is 1.95 bits per heavy atom. The Morgan fingerprint density at radius 1 is 1.26 bits per heavy atom. The van der Waals surface area contributed by atoms with E-state index in [2.05, 4.69) is 5.32 Å². The number of alkyl halides is 2. The van der Waals surface area contributed by atoms with Gasteiger partial charge in [0, 0.05) is 0 Å². The number of hydrogen-bond acceptors (Lipinski definition) is 4. The van der Waals surface area contributed by atoms with E-state index in [1.807, 2.05) is 13.8 Å². The van der Waals surface area contributed by atoms with Crippen molar-refractivity contribution in [2.24, 2.45) is 5.92 Å². The number of sulfonamides is 1. The minimum absolute atomic E-state index is 0.352. The molecule has 0 fully saturated rings. The van der Waals surface area contributed by atoms with Crippen LogP contribution in [0.5, 0.6) is 0 Å². The van der Waals surface area contributed by atoms with Gasteiger partial charge in [0.25, 0.3) is 16.4 Å². The molecule has 1 aromatic rings. The lowest BCUT2D eigenvalue weighted by Crippen LogP contribution is -2.28. The van der Waals surface area contributed by atoms with Crippen molar-refractivity contribution in [1.82, 2.24) is 10.0 Å². The van der Waals surface area contributed by atoms with Crippen LogP contribution in [0.25, 0.3) is 0 Å². The number of furan rings is 1. The fraction of sp³-hybridized carbons (Fsp3) is 0.636. The van der Waals surface area contributed by atoms with Crippen molar-refractivity contribution in [2.45, 2.75) is 31.9 Å². The maximum absolute atomic E-state index is 12.0. The van der Waals surface area contributed by atoms with E-state index in [9.17, 15) is 17.2 Å². The van der Waals surface area contributed by atoms with Gasteiger partial charge in [0.05, 0.1) is 13.1 Å². The van der Waals surface area contributed by atoms with Crippen LogP contribution < -0.4 is 10.0 Å². The molecule has 19 heavy (non-hydrogen) atoms. The monoisotopic (exact) mass is 296 g/mol. The van der Waals surface area contributed by atoms with Gasteiger partial charge >= 0.3 is 0 Å². The third-order valence-corrected chi connectivity index (χ3v) is 3.48. The Morgan fingerprint density at radius 3 is 2.53 bits per heavy atom. The molecule has 0 aromatic carbocycles. The molecular weight excluding hydrogens is 278 g/mol. The van der Waals surface area contributed by atoms with Crippen LogP contribution in [0.15, 0.2) is 21.6 Å². The zero-order valence-corrected chi connectivity index (χ0v) is 11.6. The van der Waals surface area contributed by atoms with Crippen LogP contribution in [0, 0.1) is 5.92 Å². The fourth-order valence-electron chi connectivity index (χ4n) is 1.33. The van der Waals surface area contributed by atoms with Crippen LogP contribution in [0.3, 0.4) is 0 Å². The Labute approximate surface area is 111 Å². The second kappa shape index (κ2) is 6.97. The van der Waals surface area contributed by atoms with Crippen molar-refractivity contribution >= 4 is 10.0 Å². The second-order valence-corrected chi connectivity index (χ2v) is 6.19. The maximum Gasteiger partial charge on any atom is 0.274 e. The molecule has 0 spiro atoms. The largest absolute Gasteiger partial charge is 0.447 e. The highest BCUT2D eigenvalue weighted by Gasteiger charge is 2.20. The average molecular weight is 296 g/mol. The average Bonchev–Trinajstić information content (AvgIpc) is 2.75. The van der Waals surface area contributed by atoms with E-state index < -0.39 is 23.0 Å². The minimum Gasteiger partial charge on any atom is -0.447 e. The molecule has 0 atom stereocenters. The summed E-state index contributed by atoms with van der Waals surface area (Å²) >= 11 is 0. The van der Waals surface area contributed by atoms with Gasteiger partial charge in [0.2, 0.25) is 5.09 Å². The molecule has 0 amide bonds. The smallest absolute Gasteiger partial charge is 0.274 e. The van der Waals surface area contributed by atoms with Gasteiger partial charge in [-0.05, 0) is 24.6 Å². The highest BCUT2D eigenvalue weighted by Crippen LogP contribution is 2.13. The molecule has 0 aliphatic rings. The second-order valence-electron chi connectivity index (χ2n) is 4.49. The summed E-state index contributed by atoms with van der Waals surface area (Å²) in [7, 11) is -4.00. The summed E-state index contributed by atoms with van der Waals surface area (Å²) < 4.78 is 53.9. The predicted molar refractivity (Wildman–Crippen MR) is 66.4 cm³/mol. The van der Waals surface area contributed by atoms with Crippen molar-refractivity contribution in [1.29, 1.82) is 0 Å². The first-order chi connectivity index (χ1) is 8.81. The molecule has 1 rings (SSSR count). The summed E-state index contributed by atoms with van der Waals surface area (Å²) in [6.45, 7) is 4.32. The molecule has 0 unspecified atom stereocenters. The molecule has 110 valence electrons. The molecule has 0 saturated heterocycles. The number of halogens is 2. The van der Waals surface area contributed by atoms with Crippen LogP contribution in [0.2, 0.25) is 0 Å². The molecular formula is C11H18F2N2O3S. The van der Waals surface area contributed by atoms with E-state index in [0.29, 0.717) is 18.2 Å². The molecule has 0 bridgehead atoms. The van der Waals surface area contributed by atoms with Gasteiger partial charge < -0.3 is 9.73 Å². The Bertz CT molecular complexity index is 486. The molecule has 0 aliphatic heterocycles. The van der Waals surface area contributed by atoms with E-state index in [0.717, 1.165) is 6.54 Å². The molecule has 2 N–H and O–H groups in total. The van der Waals surface area contributed by atoms with Gasteiger partial charge in [-0.1, -0.05) is 13.8 Å². The number of nitrogens with one attached hydrogen (secondary N) is 2. The van der Waals surface area contributed by atoms with Gasteiger partial charge in [0.1, 0.15) is 5.76 Å². The van der Waals surface area contributed by atoms with E-state index in [1.54, 1.807) is 4.72 Å². The lowest BCUT2D eigenvalue weighted by atomic mass is 10.2. The van der Waals surface area contributed by atoms with E-state index in [-0.39, 0.29) is 5.09 Å². The molecule has 8 heteroatoms. The van der Waals surface area contributed by atoms with Gasteiger partial charge in [-0.15, -0.1) is 0 Å². The summed E-state index contributed by atoms with van der Waals surface area (Å²) in [5.41, 5.74) is 0. The van der Waals surface area contributed by atoms with Crippen molar-refractivity contribution in [2.75, 3.05) is 13.1 Å². The van der Waals surface area contributed by atoms with Gasteiger partial charge in [0.15, 0.2) is 0 Å². The van der Waals surface area contributed by atoms with Crippen LogP contribution in [-0.4, -0.2) is 27.9 Å². The van der Waals surface area contributed by atoms with Crippen molar-refractivity contribution < 1.29 is 21.6 Å². The fourth-order valence-corrected chi connectivity index (χ4v) is 2.28. The Balaban J connectivity index is 2.58. The Hall–Kier alpha value is -0.990. The highest BCUT2D eigenvalue weighted by atomic mass is 32.2. The molecule has 0 saturated carbocycles. The highest BCUT2D eigenvalue weighted by molar-refractivity contribution is 7.89. The Kier molecular flexibility index (Phi) is 5.89. The summed E-state index contributed by atoms with van der Waals surface area (Å²) in [6, 6.07) is 2.75. The standard InChI is InChI=1S/C11H18F2N2O3S/c1-8(2)5-14-6-9-3-4-11(18-9)19(16,17)15-7-10(12)13/h3-4,8,10,14-15H,5-7H2,1-2H3. The first-order valence-corrected chi connectivity index (χ1v) is 7.37. The molecule has 5 nitrogen and oxygen atoms in total. The summed E-state index contributed by atoms with van der Waals surface area (Å²) in [6.07, 6.45) is -2.74. The third-order valence-electron chi connectivity index (χ3n) is 2.18. The summed E-state index contributed by atoms with van der Waals surface area (Å²) in [4.78, 5) is 0.